The van der Waals surface area contributed by atoms with E-state index in [4.69, 9.17) is 0 Å². The molecule has 1 saturated heterocycles. The first-order valence-corrected chi connectivity index (χ1v) is 5.74. The van der Waals surface area contributed by atoms with Crippen molar-refractivity contribution in [3.05, 3.63) is 29.6 Å². The first-order chi connectivity index (χ1) is 8.73. The summed E-state index contributed by atoms with van der Waals surface area (Å²) < 4.78 is 37.9. The maximum absolute atomic E-state index is 12.6. The molecule has 4 nitrogen and oxygen atoms in total. The monoisotopic (exact) mass is 274 g/mol. The van der Waals surface area contributed by atoms with E-state index in [0.29, 0.717) is 5.69 Å². The molecule has 1 fully saturated rings. The molecule has 1 unspecified atom stereocenters. The van der Waals surface area contributed by atoms with Gasteiger partial charge >= 0.3 is 6.18 Å². The average Bonchev–Trinajstić information content (AvgIpc) is 2.73. The number of amides is 1. The maximum atomic E-state index is 12.6. The number of pyridine rings is 1. The van der Waals surface area contributed by atoms with Gasteiger partial charge in [-0.1, -0.05) is 0 Å². The lowest BCUT2D eigenvalue weighted by Gasteiger charge is -2.25. The number of likely N-dealkylation sites (tertiary alicyclic amines) is 1. The highest BCUT2D eigenvalue weighted by molar-refractivity contribution is 5.94. The molecule has 2 heterocycles. The van der Waals surface area contributed by atoms with Gasteiger partial charge in [-0.3, -0.25) is 9.78 Å². The summed E-state index contributed by atoms with van der Waals surface area (Å²) >= 11 is 0. The van der Waals surface area contributed by atoms with Crippen LogP contribution in [-0.2, 0) is 0 Å². The van der Waals surface area contributed by atoms with Crippen LogP contribution in [0.1, 0.15) is 22.5 Å². The van der Waals surface area contributed by atoms with Crippen LogP contribution in [0.2, 0.25) is 0 Å². The van der Waals surface area contributed by atoms with Crippen molar-refractivity contribution in [1.82, 2.24) is 9.88 Å². The molecule has 1 N–H and O–H groups in total. The zero-order chi connectivity index (χ0) is 14.3. The minimum atomic E-state index is -4.73. The third kappa shape index (κ3) is 2.56. The summed E-state index contributed by atoms with van der Waals surface area (Å²) in [6.45, 7) is 0.887. The fourth-order valence-corrected chi connectivity index (χ4v) is 1.98. The Bertz CT molecular complexity index is 487. The Kier molecular flexibility index (Phi) is 3.25. The Morgan fingerprint density at radius 3 is 2.63 bits per heavy atom. The molecule has 0 saturated carbocycles. The molecule has 1 amide bonds. The van der Waals surface area contributed by atoms with Crippen LogP contribution in [0.25, 0.3) is 0 Å². The zero-order valence-electron chi connectivity index (χ0n) is 10.2. The van der Waals surface area contributed by atoms with Gasteiger partial charge in [0.25, 0.3) is 5.91 Å². The van der Waals surface area contributed by atoms with Gasteiger partial charge in [-0.25, -0.2) is 0 Å². The third-order valence-corrected chi connectivity index (χ3v) is 3.22. The van der Waals surface area contributed by atoms with Gasteiger partial charge in [0, 0.05) is 24.9 Å². The summed E-state index contributed by atoms with van der Waals surface area (Å²) in [4.78, 5) is 16.9. The zero-order valence-corrected chi connectivity index (χ0v) is 10.2. The minimum Gasteiger partial charge on any atom is -0.379 e. The third-order valence-electron chi connectivity index (χ3n) is 3.22. The van der Waals surface area contributed by atoms with Crippen molar-refractivity contribution in [2.75, 3.05) is 13.1 Å². The lowest BCUT2D eigenvalue weighted by Crippen LogP contribution is -2.48. The SMILES string of the molecule is Cc1ccc(C(=O)N2CCC(O)(C(F)(F)F)C2)cn1. The van der Waals surface area contributed by atoms with Gasteiger partial charge in [0.15, 0.2) is 5.60 Å². The number of carbonyl (C=O) groups excluding carboxylic acids is 1. The number of aliphatic hydroxyl groups is 1. The molecule has 1 aromatic rings. The normalized spacial score (nSPS) is 23.7. The Labute approximate surface area is 107 Å². The summed E-state index contributed by atoms with van der Waals surface area (Å²) in [5, 5.41) is 9.50. The number of carbonyl (C=O) groups is 1. The molecule has 7 heteroatoms. The van der Waals surface area contributed by atoms with Gasteiger partial charge in [0.05, 0.1) is 12.1 Å². The molecule has 19 heavy (non-hydrogen) atoms. The van der Waals surface area contributed by atoms with Gasteiger partial charge in [-0.05, 0) is 19.1 Å². The average molecular weight is 274 g/mol. The highest BCUT2D eigenvalue weighted by Crippen LogP contribution is 2.37. The number of rotatable bonds is 1. The van der Waals surface area contributed by atoms with Gasteiger partial charge in [0.1, 0.15) is 0 Å². The lowest BCUT2D eigenvalue weighted by atomic mass is 10.0. The summed E-state index contributed by atoms with van der Waals surface area (Å²) in [7, 11) is 0. The number of hydrogen-bond acceptors (Lipinski definition) is 3. The summed E-state index contributed by atoms with van der Waals surface area (Å²) in [6.07, 6.45) is -3.91. The molecule has 1 aliphatic heterocycles. The second-order valence-corrected chi connectivity index (χ2v) is 4.69. The molecule has 0 radical (unpaired) electrons. The molecule has 0 aromatic carbocycles. The van der Waals surface area contributed by atoms with Crippen molar-refractivity contribution in [3.63, 3.8) is 0 Å². The van der Waals surface area contributed by atoms with Gasteiger partial charge in [-0.2, -0.15) is 13.2 Å². The Hall–Kier alpha value is -1.63. The molecule has 0 aliphatic carbocycles. The van der Waals surface area contributed by atoms with E-state index in [0.717, 1.165) is 4.90 Å². The molecule has 104 valence electrons. The van der Waals surface area contributed by atoms with Crippen molar-refractivity contribution in [3.8, 4) is 0 Å². The van der Waals surface area contributed by atoms with Crippen molar-refractivity contribution >= 4 is 5.91 Å². The molecule has 1 aromatic heterocycles. The van der Waals surface area contributed by atoms with Crippen molar-refractivity contribution in [1.29, 1.82) is 0 Å². The van der Waals surface area contributed by atoms with E-state index in [1.165, 1.54) is 12.3 Å². The Balaban J connectivity index is 2.13. The van der Waals surface area contributed by atoms with Crippen LogP contribution in [0.5, 0.6) is 0 Å². The van der Waals surface area contributed by atoms with E-state index in [-0.39, 0.29) is 12.1 Å². The van der Waals surface area contributed by atoms with Crippen LogP contribution in [0.3, 0.4) is 0 Å². The molecule has 1 atom stereocenters. The van der Waals surface area contributed by atoms with Crippen LogP contribution in [0.4, 0.5) is 13.2 Å². The molecular formula is C12H13F3N2O2. The van der Waals surface area contributed by atoms with E-state index in [2.05, 4.69) is 4.98 Å². The second kappa shape index (κ2) is 4.48. The van der Waals surface area contributed by atoms with Crippen molar-refractivity contribution in [2.24, 2.45) is 0 Å². The standard InChI is InChI=1S/C12H13F3N2O2/c1-8-2-3-9(6-16-8)10(18)17-5-4-11(19,7-17)12(13,14)15/h2-3,6,19H,4-5,7H2,1H3. The van der Waals surface area contributed by atoms with E-state index >= 15 is 0 Å². The lowest BCUT2D eigenvalue weighted by molar-refractivity contribution is -0.253. The van der Waals surface area contributed by atoms with Crippen LogP contribution in [0, 0.1) is 6.92 Å². The number of alkyl halides is 3. The van der Waals surface area contributed by atoms with Gasteiger partial charge in [0.2, 0.25) is 0 Å². The fraction of sp³-hybridized carbons (Fsp3) is 0.500. The number of hydrogen-bond donors (Lipinski definition) is 1. The molecule has 0 bridgehead atoms. The Morgan fingerprint density at radius 2 is 2.16 bits per heavy atom. The highest BCUT2D eigenvalue weighted by atomic mass is 19.4. The first-order valence-electron chi connectivity index (χ1n) is 5.74. The maximum Gasteiger partial charge on any atom is 0.419 e. The fourth-order valence-electron chi connectivity index (χ4n) is 1.98. The number of β-amino-alcohol motifs (C(OH)–C–C–N with tert-alkyl or cyclic N) is 1. The quantitative estimate of drug-likeness (QED) is 0.845. The number of aryl methyl sites for hydroxylation is 1. The van der Waals surface area contributed by atoms with E-state index in [1.54, 1.807) is 13.0 Å². The van der Waals surface area contributed by atoms with Gasteiger partial charge in [-0.15, -0.1) is 0 Å². The van der Waals surface area contributed by atoms with Crippen molar-refractivity contribution < 1.29 is 23.1 Å². The van der Waals surface area contributed by atoms with Crippen LogP contribution < -0.4 is 0 Å². The highest BCUT2D eigenvalue weighted by Gasteiger charge is 2.57. The Morgan fingerprint density at radius 1 is 1.47 bits per heavy atom. The predicted octanol–water partition coefficient (Wildman–Crippen LogP) is 1.53. The topological polar surface area (TPSA) is 53.4 Å². The van der Waals surface area contributed by atoms with Crippen molar-refractivity contribution in [2.45, 2.75) is 25.1 Å². The summed E-state index contributed by atoms with van der Waals surface area (Å²) in [5.41, 5.74) is -1.87. The minimum absolute atomic E-state index is 0.122. The van der Waals surface area contributed by atoms with E-state index < -0.39 is 30.7 Å². The van der Waals surface area contributed by atoms with E-state index in [9.17, 15) is 23.1 Å². The molecule has 1 aliphatic rings. The smallest absolute Gasteiger partial charge is 0.379 e. The van der Waals surface area contributed by atoms with Crippen LogP contribution in [-0.4, -0.2) is 45.8 Å². The van der Waals surface area contributed by atoms with Crippen LogP contribution in [0.15, 0.2) is 18.3 Å². The number of nitrogens with zero attached hydrogens (tertiary/aromatic N) is 2. The molecule has 0 spiro atoms. The predicted molar refractivity (Wildman–Crippen MR) is 60.5 cm³/mol. The number of aromatic nitrogens is 1. The van der Waals surface area contributed by atoms with E-state index in [1.807, 2.05) is 0 Å². The molecule has 2 rings (SSSR count). The van der Waals surface area contributed by atoms with Crippen LogP contribution >= 0.6 is 0 Å². The second-order valence-electron chi connectivity index (χ2n) is 4.69. The summed E-state index contributed by atoms with van der Waals surface area (Å²) in [5.74, 6) is -0.548. The first kappa shape index (κ1) is 13.8. The number of halogens is 3. The van der Waals surface area contributed by atoms with Gasteiger partial charge < -0.3 is 10.0 Å². The molecular weight excluding hydrogens is 261 g/mol. The summed E-state index contributed by atoms with van der Waals surface area (Å²) in [6, 6.07) is 3.12. The largest absolute Gasteiger partial charge is 0.419 e.